The van der Waals surface area contributed by atoms with Gasteiger partial charge in [0.05, 0.1) is 5.52 Å². The van der Waals surface area contributed by atoms with Gasteiger partial charge in [-0.2, -0.15) is 0 Å². The molecule has 1 aromatic carbocycles. The normalized spacial score (nSPS) is 22.9. The van der Waals surface area contributed by atoms with Gasteiger partial charge in [-0.1, -0.05) is 6.07 Å². The molecule has 2 saturated heterocycles. The van der Waals surface area contributed by atoms with Gasteiger partial charge in [0.25, 0.3) is 0 Å². The lowest BCUT2D eigenvalue weighted by molar-refractivity contribution is -0.133. The Morgan fingerprint density at radius 3 is 2.69 bits per heavy atom. The zero-order valence-corrected chi connectivity index (χ0v) is 15.9. The molecule has 0 bridgehead atoms. The number of aromatic nitrogens is 1. The van der Waals surface area contributed by atoms with Crippen molar-refractivity contribution in [2.75, 3.05) is 33.2 Å². The standard InChI is InChI=1S/C21H29N3O2/c1-22-11-10-18-19(22)4-3-5-20(18)26-17-8-12-24(13-9-17)15-16-6-7-21(25)23(2)14-16/h3-5,10-11,16-17H,6-9,12-15H2,1-2H3. The highest BCUT2D eigenvalue weighted by Crippen LogP contribution is 2.29. The van der Waals surface area contributed by atoms with Crippen molar-refractivity contribution in [3.8, 4) is 5.75 Å². The van der Waals surface area contributed by atoms with E-state index in [1.807, 2.05) is 11.9 Å². The Morgan fingerprint density at radius 1 is 1.12 bits per heavy atom. The van der Waals surface area contributed by atoms with E-state index in [1.165, 1.54) is 10.9 Å². The molecule has 2 fully saturated rings. The van der Waals surface area contributed by atoms with Gasteiger partial charge in [-0.05, 0) is 43.4 Å². The summed E-state index contributed by atoms with van der Waals surface area (Å²) in [7, 11) is 4.00. The highest BCUT2D eigenvalue weighted by atomic mass is 16.5. The highest BCUT2D eigenvalue weighted by molar-refractivity contribution is 5.86. The Morgan fingerprint density at radius 2 is 1.92 bits per heavy atom. The van der Waals surface area contributed by atoms with Crippen LogP contribution in [0.4, 0.5) is 0 Å². The molecule has 2 aliphatic heterocycles. The molecule has 4 rings (SSSR count). The van der Waals surface area contributed by atoms with Crippen LogP contribution in [0.1, 0.15) is 25.7 Å². The molecule has 5 heteroatoms. The number of hydrogen-bond donors (Lipinski definition) is 0. The number of rotatable bonds is 4. The van der Waals surface area contributed by atoms with Crippen LogP contribution >= 0.6 is 0 Å². The van der Waals surface area contributed by atoms with E-state index in [9.17, 15) is 4.79 Å². The third-order valence-electron chi connectivity index (χ3n) is 5.96. The number of amides is 1. The van der Waals surface area contributed by atoms with Crippen LogP contribution in [0.5, 0.6) is 5.75 Å². The van der Waals surface area contributed by atoms with Crippen molar-refractivity contribution in [2.24, 2.45) is 13.0 Å². The van der Waals surface area contributed by atoms with Crippen LogP contribution in [0.2, 0.25) is 0 Å². The second-order valence-corrected chi connectivity index (χ2v) is 7.91. The van der Waals surface area contributed by atoms with E-state index in [0.717, 1.165) is 51.2 Å². The summed E-state index contributed by atoms with van der Waals surface area (Å²) >= 11 is 0. The number of benzene rings is 1. The maximum Gasteiger partial charge on any atom is 0.222 e. The quantitative estimate of drug-likeness (QED) is 0.846. The molecular weight excluding hydrogens is 326 g/mol. The van der Waals surface area contributed by atoms with Gasteiger partial charge in [-0.3, -0.25) is 4.79 Å². The number of likely N-dealkylation sites (tertiary alicyclic amines) is 2. The molecule has 1 amide bonds. The van der Waals surface area contributed by atoms with E-state index in [-0.39, 0.29) is 0 Å². The third-order valence-corrected chi connectivity index (χ3v) is 5.96. The molecular formula is C21H29N3O2. The number of fused-ring (bicyclic) bond motifs is 1. The average molecular weight is 355 g/mol. The van der Waals surface area contributed by atoms with Gasteiger partial charge in [-0.15, -0.1) is 0 Å². The Balaban J connectivity index is 1.30. The van der Waals surface area contributed by atoms with Crippen LogP contribution in [0, 0.1) is 5.92 Å². The molecule has 1 atom stereocenters. The van der Waals surface area contributed by atoms with Crippen molar-refractivity contribution in [3.05, 3.63) is 30.5 Å². The summed E-state index contributed by atoms with van der Waals surface area (Å²) in [5.41, 5.74) is 1.22. The average Bonchev–Trinajstić information content (AvgIpc) is 3.02. The number of carbonyl (C=O) groups is 1. The SMILES string of the molecule is CN1CC(CN2CCC(Oc3cccc4c3ccn4C)CC2)CCC1=O. The summed E-state index contributed by atoms with van der Waals surface area (Å²) in [6.07, 6.45) is 6.28. The van der Waals surface area contributed by atoms with Gasteiger partial charge in [0.1, 0.15) is 11.9 Å². The topological polar surface area (TPSA) is 37.7 Å². The van der Waals surface area contributed by atoms with Crippen molar-refractivity contribution >= 4 is 16.8 Å². The van der Waals surface area contributed by atoms with Crippen LogP contribution in [-0.4, -0.2) is 59.6 Å². The Hall–Kier alpha value is -2.01. The number of hydrogen-bond acceptors (Lipinski definition) is 3. The minimum absolute atomic E-state index is 0.295. The largest absolute Gasteiger partial charge is 0.490 e. The summed E-state index contributed by atoms with van der Waals surface area (Å²) in [5, 5.41) is 1.20. The van der Waals surface area contributed by atoms with E-state index in [2.05, 4.69) is 47.0 Å². The van der Waals surface area contributed by atoms with Crippen LogP contribution in [-0.2, 0) is 11.8 Å². The smallest absolute Gasteiger partial charge is 0.222 e. The highest BCUT2D eigenvalue weighted by Gasteiger charge is 2.27. The van der Waals surface area contributed by atoms with E-state index in [0.29, 0.717) is 24.3 Å². The monoisotopic (exact) mass is 355 g/mol. The second-order valence-electron chi connectivity index (χ2n) is 7.91. The lowest BCUT2D eigenvalue weighted by Crippen LogP contribution is -2.45. The zero-order chi connectivity index (χ0) is 18.1. The van der Waals surface area contributed by atoms with E-state index >= 15 is 0 Å². The van der Waals surface area contributed by atoms with E-state index in [1.54, 1.807) is 0 Å². The van der Waals surface area contributed by atoms with Gasteiger partial charge in [0.2, 0.25) is 5.91 Å². The fourth-order valence-electron chi connectivity index (χ4n) is 4.38. The predicted octanol–water partition coefficient (Wildman–Crippen LogP) is 2.89. The molecule has 140 valence electrons. The maximum absolute atomic E-state index is 11.6. The maximum atomic E-state index is 11.6. The number of carbonyl (C=O) groups excluding carboxylic acids is 1. The Labute approximate surface area is 155 Å². The third kappa shape index (κ3) is 3.58. The molecule has 2 aromatic rings. The van der Waals surface area contributed by atoms with Crippen molar-refractivity contribution in [3.63, 3.8) is 0 Å². The first kappa shape index (κ1) is 17.4. The van der Waals surface area contributed by atoms with Crippen LogP contribution < -0.4 is 4.74 Å². The van der Waals surface area contributed by atoms with Crippen molar-refractivity contribution in [1.29, 1.82) is 0 Å². The van der Waals surface area contributed by atoms with Crippen LogP contribution in [0.25, 0.3) is 10.9 Å². The van der Waals surface area contributed by atoms with Crippen LogP contribution in [0.3, 0.4) is 0 Å². The molecule has 26 heavy (non-hydrogen) atoms. The fourth-order valence-corrected chi connectivity index (χ4v) is 4.38. The van der Waals surface area contributed by atoms with Gasteiger partial charge in [0, 0.05) is 58.3 Å². The Kier molecular flexibility index (Phi) is 4.90. The van der Waals surface area contributed by atoms with Crippen molar-refractivity contribution in [1.82, 2.24) is 14.4 Å². The molecule has 1 unspecified atom stereocenters. The number of ether oxygens (including phenoxy) is 1. The van der Waals surface area contributed by atoms with Crippen molar-refractivity contribution in [2.45, 2.75) is 31.8 Å². The molecule has 0 saturated carbocycles. The minimum atomic E-state index is 0.295. The van der Waals surface area contributed by atoms with Gasteiger partial charge in [0.15, 0.2) is 0 Å². The summed E-state index contributed by atoms with van der Waals surface area (Å²) in [5.74, 6) is 1.92. The van der Waals surface area contributed by atoms with Gasteiger partial charge >= 0.3 is 0 Å². The molecule has 3 heterocycles. The molecule has 2 aliphatic rings. The molecule has 0 N–H and O–H groups in total. The first-order chi connectivity index (χ1) is 12.6. The van der Waals surface area contributed by atoms with Crippen LogP contribution in [0.15, 0.2) is 30.5 Å². The second kappa shape index (κ2) is 7.31. The first-order valence-corrected chi connectivity index (χ1v) is 9.77. The molecule has 0 spiro atoms. The van der Waals surface area contributed by atoms with Gasteiger partial charge < -0.3 is 19.1 Å². The fraction of sp³-hybridized carbons (Fsp3) is 0.571. The van der Waals surface area contributed by atoms with E-state index in [4.69, 9.17) is 4.74 Å². The Bertz CT molecular complexity index is 777. The molecule has 0 radical (unpaired) electrons. The van der Waals surface area contributed by atoms with Gasteiger partial charge in [-0.25, -0.2) is 0 Å². The lowest BCUT2D eigenvalue weighted by atomic mass is 9.96. The summed E-state index contributed by atoms with van der Waals surface area (Å²) in [4.78, 5) is 16.1. The lowest BCUT2D eigenvalue weighted by Gasteiger charge is -2.37. The number of piperidine rings is 2. The summed E-state index contributed by atoms with van der Waals surface area (Å²) in [6.45, 7) is 4.19. The summed E-state index contributed by atoms with van der Waals surface area (Å²) < 4.78 is 8.49. The zero-order valence-electron chi connectivity index (χ0n) is 15.9. The first-order valence-electron chi connectivity index (χ1n) is 9.77. The summed E-state index contributed by atoms with van der Waals surface area (Å²) in [6, 6.07) is 8.44. The number of nitrogens with zero attached hydrogens (tertiary/aromatic N) is 3. The molecule has 1 aromatic heterocycles. The molecule has 0 aliphatic carbocycles. The minimum Gasteiger partial charge on any atom is -0.490 e. The number of aryl methyl sites for hydroxylation is 1. The predicted molar refractivity (Wildman–Crippen MR) is 103 cm³/mol. The van der Waals surface area contributed by atoms with Crippen molar-refractivity contribution < 1.29 is 9.53 Å². The van der Waals surface area contributed by atoms with E-state index < -0.39 is 0 Å². The molecule has 5 nitrogen and oxygen atoms in total.